The monoisotopic (exact) mass is 299 g/mol. The van der Waals surface area contributed by atoms with Crippen LogP contribution < -0.4 is 14.2 Å². The molecule has 1 amide bonds. The van der Waals surface area contributed by atoms with Crippen molar-refractivity contribution < 1.29 is 29.2 Å². The van der Waals surface area contributed by atoms with Crippen LogP contribution in [0.4, 0.5) is 0 Å². The predicted octanol–water partition coefficient (Wildman–Crippen LogP) is 0.139. The first-order valence-corrected chi connectivity index (χ1v) is 6.43. The van der Waals surface area contributed by atoms with Crippen molar-refractivity contribution in [2.24, 2.45) is 0 Å². The van der Waals surface area contributed by atoms with Gasteiger partial charge >= 0.3 is 0 Å². The highest BCUT2D eigenvalue weighted by atomic mass is 16.5. The van der Waals surface area contributed by atoms with E-state index in [0.717, 1.165) is 0 Å². The molecule has 0 aliphatic heterocycles. The van der Waals surface area contributed by atoms with E-state index in [0.29, 0.717) is 22.8 Å². The maximum atomic E-state index is 12.4. The van der Waals surface area contributed by atoms with E-state index in [9.17, 15) is 4.79 Å². The molecule has 0 heterocycles. The Bertz CT molecular complexity index is 446. The number of rotatable bonds is 8. The number of benzene rings is 1. The summed E-state index contributed by atoms with van der Waals surface area (Å²) in [5, 5.41) is 18.0. The molecule has 7 nitrogen and oxygen atoms in total. The second-order valence-corrected chi connectivity index (χ2v) is 4.15. The number of hydrogen-bond donors (Lipinski definition) is 2. The molecule has 0 radical (unpaired) electrons. The second-order valence-electron chi connectivity index (χ2n) is 4.15. The van der Waals surface area contributed by atoms with Gasteiger partial charge in [0.15, 0.2) is 11.5 Å². The maximum Gasteiger partial charge on any atom is 0.254 e. The van der Waals surface area contributed by atoms with Gasteiger partial charge in [0.1, 0.15) is 0 Å². The average Bonchev–Trinajstić information content (AvgIpc) is 2.52. The van der Waals surface area contributed by atoms with Crippen LogP contribution in [0.2, 0.25) is 0 Å². The van der Waals surface area contributed by atoms with Gasteiger partial charge in [0.25, 0.3) is 5.91 Å². The number of carbonyl (C=O) groups excluding carboxylic acids is 1. The van der Waals surface area contributed by atoms with Crippen LogP contribution in [0.3, 0.4) is 0 Å². The van der Waals surface area contributed by atoms with E-state index >= 15 is 0 Å². The SMILES string of the molecule is COc1cc(C(=O)N(CCO)CCO)cc(OC)c1OC. The van der Waals surface area contributed by atoms with Gasteiger partial charge in [-0.15, -0.1) is 0 Å². The quantitative estimate of drug-likeness (QED) is 0.710. The minimum Gasteiger partial charge on any atom is -0.493 e. The Hall–Kier alpha value is -1.99. The summed E-state index contributed by atoms with van der Waals surface area (Å²) in [6, 6.07) is 3.07. The topological polar surface area (TPSA) is 88.5 Å². The number of ether oxygens (including phenoxy) is 3. The Kier molecular flexibility index (Phi) is 6.77. The molecule has 0 aromatic heterocycles. The predicted molar refractivity (Wildman–Crippen MR) is 76.2 cm³/mol. The maximum absolute atomic E-state index is 12.4. The molecule has 0 spiro atoms. The van der Waals surface area contributed by atoms with Gasteiger partial charge in [0.05, 0.1) is 34.5 Å². The van der Waals surface area contributed by atoms with E-state index in [4.69, 9.17) is 24.4 Å². The molecular weight excluding hydrogens is 278 g/mol. The molecule has 0 fully saturated rings. The largest absolute Gasteiger partial charge is 0.493 e. The van der Waals surface area contributed by atoms with Crippen molar-refractivity contribution in [1.29, 1.82) is 0 Å². The fourth-order valence-corrected chi connectivity index (χ4v) is 1.94. The molecule has 0 aliphatic rings. The summed E-state index contributed by atoms with van der Waals surface area (Å²) in [6.45, 7) is -0.0988. The van der Waals surface area contributed by atoms with E-state index in [1.807, 2.05) is 0 Å². The van der Waals surface area contributed by atoms with Crippen LogP contribution in [0.1, 0.15) is 10.4 Å². The van der Waals surface area contributed by atoms with Crippen molar-refractivity contribution in [2.75, 3.05) is 47.6 Å². The highest BCUT2D eigenvalue weighted by Gasteiger charge is 2.20. The van der Waals surface area contributed by atoms with Gasteiger partial charge in [0.2, 0.25) is 5.75 Å². The standard InChI is InChI=1S/C14H21NO6/c1-19-11-8-10(9-12(20-2)13(11)21-3)14(18)15(4-6-16)5-7-17/h8-9,16-17H,4-7H2,1-3H3. The highest BCUT2D eigenvalue weighted by molar-refractivity contribution is 5.95. The summed E-state index contributed by atoms with van der Waals surface area (Å²) in [7, 11) is 4.40. The van der Waals surface area contributed by atoms with Gasteiger partial charge in [-0.05, 0) is 12.1 Å². The molecule has 1 aromatic rings. The summed E-state index contributed by atoms with van der Waals surface area (Å²) < 4.78 is 15.6. The summed E-state index contributed by atoms with van der Waals surface area (Å²) in [5.74, 6) is 0.797. The number of amides is 1. The minimum atomic E-state index is -0.336. The van der Waals surface area contributed by atoms with Crippen LogP contribution in [0.25, 0.3) is 0 Å². The lowest BCUT2D eigenvalue weighted by Crippen LogP contribution is -2.35. The summed E-state index contributed by atoms with van der Waals surface area (Å²) in [6.07, 6.45) is 0. The fraction of sp³-hybridized carbons (Fsp3) is 0.500. The average molecular weight is 299 g/mol. The molecule has 0 aliphatic carbocycles. The number of aliphatic hydroxyl groups is 2. The van der Waals surface area contributed by atoms with Gasteiger partial charge in [-0.25, -0.2) is 0 Å². The molecule has 0 saturated carbocycles. The zero-order valence-electron chi connectivity index (χ0n) is 12.5. The summed E-state index contributed by atoms with van der Waals surface area (Å²) in [5.41, 5.74) is 0.325. The fourth-order valence-electron chi connectivity index (χ4n) is 1.94. The van der Waals surface area contributed by atoms with Crippen molar-refractivity contribution in [1.82, 2.24) is 4.90 Å². The van der Waals surface area contributed by atoms with E-state index in [1.54, 1.807) is 0 Å². The Morgan fingerprint density at radius 2 is 1.48 bits per heavy atom. The van der Waals surface area contributed by atoms with Crippen LogP contribution in [-0.4, -0.2) is 68.7 Å². The Balaban J connectivity index is 3.19. The number of methoxy groups -OCH3 is 3. The lowest BCUT2D eigenvalue weighted by Gasteiger charge is -2.22. The molecule has 1 rings (SSSR count). The molecule has 21 heavy (non-hydrogen) atoms. The second kappa shape index (κ2) is 8.33. The zero-order chi connectivity index (χ0) is 15.8. The van der Waals surface area contributed by atoms with Gasteiger partial charge in [-0.1, -0.05) is 0 Å². The molecule has 118 valence electrons. The van der Waals surface area contributed by atoms with E-state index in [1.165, 1.54) is 38.4 Å². The highest BCUT2D eigenvalue weighted by Crippen LogP contribution is 2.38. The first-order valence-electron chi connectivity index (χ1n) is 6.43. The van der Waals surface area contributed by atoms with Crippen LogP contribution >= 0.6 is 0 Å². The van der Waals surface area contributed by atoms with Crippen molar-refractivity contribution in [2.45, 2.75) is 0 Å². The van der Waals surface area contributed by atoms with Crippen molar-refractivity contribution in [3.8, 4) is 17.2 Å². The van der Waals surface area contributed by atoms with Crippen LogP contribution in [0, 0.1) is 0 Å². The lowest BCUT2D eigenvalue weighted by molar-refractivity contribution is 0.0684. The molecule has 2 N–H and O–H groups in total. The first kappa shape index (κ1) is 17.1. The molecule has 7 heteroatoms. The number of carbonyl (C=O) groups is 1. The number of nitrogens with zero attached hydrogens (tertiary/aromatic N) is 1. The Morgan fingerprint density at radius 3 is 1.81 bits per heavy atom. The zero-order valence-corrected chi connectivity index (χ0v) is 12.5. The van der Waals surface area contributed by atoms with E-state index in [-0.39, 0.29) is 32.2 Å². The molecule has 0 atom stereocenters. The van der Waals surface area contributed by atoms with Gasteiger partial charge in [-0.3, -0.25) is 4.79 Å². The van der Waals surface area contributed by atoms with Gasteiger partial charge < -0.3 is 29.3 Å². The molecule has 0 saturated heterocycles. The Labute approximate surface area is 123 Å². The summed E-state index contributed by atoms with van der Waals surface area (Å²) in [4.78, 5) is 13.8. The minimum absolute atomic E-state index is 0.135. The molecule has 0 unspecified atom stereocenters. The molecule has 0 bridgehead atoms. The number of aliphatic hydroxyl groups excluding tert-OH is 2. The lowest BCUT2D eigenvalue weighted by atomic mass is 10.1. The third-order valence-electron chi connectivity index (χ3n) is 2.94. The Morgan fingerprint density at radius 1 is 1.00 bits per heavy atom. The number of hydrogen-bond acceptors (Lipinski definition) is 6. The van der Waals surface area contributed by atoms with Crippen molar-refractivity contribution in [3.63, 3.8) is 0 Å². The van der Waals surface area contributed by atoms with Crippen LogP contribution in [0.5, 0.6) is 17.2 Å². The normalized spacial score (nSPS) is 10.1. The summed E-state index contributed by atoms with van der Waals surface area (Å²) >= 11 is 0. The molecule has 1 aromatic carbocycles. The smallest absolute Gasteiger partial charge is 0.254 e. The van der Waals surface area contributed by atoms with Crippen LogP contribution in [0.15, 0.2) is 12.1 Å². The third kappa shape index (κ3) is 3.99. The molecular formula is C14H21NO6. The van der Waals surface area contributed by atoms with Crippen molar-refractivity contribution in [3.05, 3.63) is 17.7 Å². The van der Waals surface area contributed by atoms with Gasteiger partial charge in [-0.2, -0.15) is 0 Å². The van der Waals surface area contributed by atoms with E-state index < -0.39 is 0 Å². The van der Waals surface area contributed by atoms with Crippen molar-refractivity contribution >= 4 is 5.91 Å². The van der Waals surface area contributed by atoms with Gasteiger partial charge in [0, 0.05) is 18.7 Å². The van der Waals surface area contributed by atoms with E-state index in [2.05, 4.69) is 0 Å². The third-order valence-corrected chi connectivity index (χ3v) is 2.94. The van der Waals surface area contributed by atoms with Crippen LogP contribution in [-0.2, 0) is 0 Å². The first-order chi connectivity index (χ1) is 10.1.